The number of benzene rings is 2. The third kappa shape index (κ3) is 17.4. The van der Waals surface area contributed by atoms with Crippen molar-refractivity contribution < 1.29 is 63.0 Å². The highest BCUT2D eigenvalue weighted by molar-refractivity contribution is 14.1. The van der Waals surface area contributed by atoms with Crippen LogP contribution in [-0.4, -0.2) is 143 Å². The lowest BCUT2D eigenvalue weighted by Gasteiger charge is -2.25. The van der Waals surface area contributed by atoms with Crippen molar-refractivity contribution in [1.82, 2.24) is 42.1 Å². The highest BCUT2D eigenvalue weighted by Crippen LogP contribution is 2.27. The van der Waals surface area contributed by atoms with E-state index in [0.29, 0.717) is 17.4 Å². The lowest BCUT2D eigenvalue weighted by atomic mass is 10.0. The molecule has 24 nitrogen and oxygen atoms in total. The van der Waals surface area contributed by atoms with Crippen molar-refractivity contribution in [1.29, 1.82) is 0 Å². The maximum absolute atomic E-state index is 13.5. The van der Waals surface area contributed by atoms with Gasteiger partial charge in [0.2, 0.25) is 59.0 Å². The number of nitrogens with zero attached hydrogens (tertiary/aromatic N) is 1. The third-order valence-corrected chi connectivity index (χ3v) is 10.6. The van der Waals surface area contributed by atoms with Crippen LogP contribution in [0.1, 0.15) is 30.4 Å². The number of carboxylic acid groups (broad SMARTS) is 1. The Morgan fingerprint density at radius 1 is 0.656 bits per heavy atom. The molecule has 2 aromatic rings. The summed E-state index contributed by atoms with van der Waals surface area (Å²) in [6.07, 6.45) is -2.54. The Morgan fingerprint density at radius 3 is 1.55 bits per heavy atom. The van der Waals surface area contributed by atoms with Crippen LogP contribution in [-0.2, 0) is 65.6 Å². The monoisotopic (exact) mass is 1120 g/mol. The molecule has 15 N–H and O–H groups in total. The Morgan fingerprint density at radius 2 is 1.09 bits per heavy atom. The van der Waals surface area contributed by atoms with Crippen LogP contribution in [0.15, 0.2) is 48.5 Å². The Labute approximate surface area is 391 Å². The molecule has 346 valence electrons. The molecule has 0 saturated carbocycles. The summed E-state index contributed by atoms with van der Waals surface area (Å²) in [6, 6.07) is 5.68. The van der Waals surface area contributed by atoms with Gasteiger partial charge in [-0.1, -0.05) is 24.3 Å². The van der Waals surface area contributed by atoms with Crippen molar-refractivity contribution in [2.24, 2.45) is 17.2 Å². The van der Waals surface area contributed by atoms with Gasteiger partial charge < -0.3 is 64.1 Å². The molecule has 6 atom stereocenters. The Kier molecular flexibility index (Phi) is 20.4. The number of halogens is 2. The SMILES string of the molecule is NCC(=O)N[C@@H](Cc1ccc(I)cc1)C(=O)N1C[C@]1(O)NCC(=O)N[C@@H](CC(N)=O)C(=O)N[C@@H](CC(=O)O)C(=O)N[C@@H](CC(N)=O)C(=O)N[C@@H](Cc1ccc(I)cc1)C(=O)NCC=O. The number of carbonyl (C=O) groups excluding carboxylic acids is 10. The molecule has 0 spiro atoms. The smallest absolute Gasteiger partial charge is 0.305 e. The van der Waals surface area contributed by atoms with Crippen LogP contribution in [0.5, 0.6) is 0 Å². The Hall–Kier alpha value is -5.85. The number of rotatable bonds is 26. The van der Waals surface area contributed by atoms with Crippen molar-refractivity contribution in [2.75, 3.05) is 26.2 Å². The van der Waals surface area contributed by atoms with Crippen LogP contribution in [0, 0.1) is 7.14 Å². The number of nitrogens with two attached hydrogens (primary N) is 3. The van der Waals surface area contributed by atoms with Gasteiger partial charge in [-0.15, -0.1) is 0 Å². The zero-order valence-corrected chi connectivity index (χ0v) is 38.1. The van der Waals surface area contributed by atoms with Gasteiger partial charge in [-0.3, -0.25) is 58.2 Å². The number of carbonyl (C=O) groups is 11. The van der Waals surface area contributed by atoms with Crippen molar-refractivity contribution in [3.05, 3.63) is 66.8 Å². The van der Waals surface area contributed by atoms with E-state index in [9.17, 15) is 63.0 Å². The average Bonchev–Trinajstić information content (AvgIpc) is 3.92. The molecular weight excluding hydrogens is 1070 g/mol. The third-order valence-electron chi connectivity index (χ3n) is 9.14. The van der Waals surface area contributed by atoms with Crippen LogP contribution in [0.3, 0.4) is 0 Å². The first-order valence-electron chi connectivity index (χ1n) is 19.1. The number of primary amides is 2. The van der Waals surface area contributed by atoms with E-state index < -0.39 is 134 Å². The van der Waals surface area contributed by atoms with Gasteiger partial charge in [-0.05, 0) is 80.6 Å². The topological polar surface area (TPSA) is 394 Å². The summed E-state index contributed by atoms with van der Waals surface area (Å²) in [4.78, 5) is 139. The molecule has 26 heteroatoms. The molecule has 0 radical (unpaired) electrons. The van der Waals surface area contributed by atoms with Gasteiger partial charge in [0.25, 0.3) is 0 Å². The van der Waals surface area contributed by atoms with E-state index in [-0.39, 0.29) is 19.4 Å². The summed E-state index contributed by atoms with van der Waals surface area (Å²) in [5.74, 6) is -12.9. The second-order valence-electron chi connectivity index (χ2n) is 14.2. The fraction of sp³-hybridized carbons (Fsp3) is 0.395. The number of aliphatic hydroxyl groups is 1. The Balaban J connectivity index is 1.71. The molecule has 1 aliphatic heterocycles. The minimum absolute atomic E-state index is 0.0370. The fourth-order valence-corrected chi connectivity index (χ4v) is 6.63. The molecule has 1 saturated heterocycles. The normalized spacial score (nSPS) is 16.3. The van der Waals surface area contributed by atoms with E-state index in [1.807, 2.05) is 0 Å². The van der Waals surface area contributed by atoms with Gasteiger partial charge in [0, 0.05) is 20.0 Å². The quantitative estimate of drug-likeness (QED) is 0.0181. The second kappa shape index (κ2) is 24.9. The van der Waals surface area contributed by atoms with Crippen LogP contribution in [0.4, 0.5) is 0 Å². The van der Waals surface area contributed by atoms with E-state index in [0.717, 1.165) is 12.0 Å². The first-order chi connectivity index (χ1) is 30.1. The molecule has 0 bridgehead atoms. The first-order valence-corrected chi connectivity index (χ1v) is 21.3. The van der Waals surface area contributed by atoms with Crippen molar-refractivity contribution in [2.45, 2.75) is 68.2 Å². The molecule has 0 aromatic heterocycles. The van der Waals surface area contributed by atoms with Crippen LogP contribution in [0.2, 0.25) is 0 Å². The number of hydrogen-bond donors (Lipinski definition) is 12. The maximum atomic E-state index is 13.5. The molecule has 2 aromatic carbocycles. The first kappa shape index (κ1) is 52.5. The number of nitrogens with one attached hydrogen (secondary N) is 7. The maximum Gasteiger partial charge on any atom is 0.305 e. The predicted molar refractivity (Wildman–Crippen MR) is 238 cm³/mol. The van der Waals surface area contributed by atoms with Gasteiger partial charge in [-0.2, -0.15) is 0 Å². The molecule has 0 unspecified atom stereocenters. The summed E-state index contributed by atoms with van der Waals surface area (Å²) in [5.41, 5.74) is 17.3. The molecule has 3 rings (SSSR count). The molecule has 64 heavy (non-hydrogen) atoms. The summed E-state index contributed by atoms with van der Waals surface area (Å²) >= 11 is 4.15. The number of aliphatic carboxylic acids is 1. The Bertz CT molecular complexity index is 2100. The number of aldehydes is 1. The average molecular weight is 1120 g/mol. The van der Waals surface area contributed by atoms with E-state index in [2.05, 4.69) is 82.4 Å². The van der Waals surface area contributed by atoms with E-state index >= 15 is 0 Å². The summed E-state index contributed by atoms with van der Waals surface area (Å²) in [5, 5.41) is 36.6. The highest BCUT2D eigenvalue weighted by atomic mass is 127. The number of amides is 9. The molecule has 1 aliphatic rings. The largest absolute Gasteiger partial charge is 0.481 e. The van der Waals surface area contributed by atoms with Gasteiger partial charge >= 0.3 is 5.97 Å². The van der Waals surface area contributed by atoms with Crippen LogP contribution in [0.25, 0.3) is 0 Å². The molecular formula is C38H47I2N11O13. The minimum atomic E-state index is -2.08. The number of hydrogen-bond acceptors (Lipinski definition) is 14. The van der Waals surface area contributed by atoms with Gasteiger partial charge in [-0.25, -0.2) is 0 Å². The molecule has 1 fully saturated rings. The number of carboxylic acids is 1. The zero-order valence-electron chi connectivity index (χ0n) is 33.8. The van der Waals surface area contributed by atoms with E-state index in [4.69, 9.17) is 17.2 Å². The van der Waals surface area contributed by atoms with Crippen molar-refractivity contribution >= 4 is 111 Å². The lowest BCUT2D eigenvalue weighted by molar-refractivity contribution is -0.142. The predicted octanol–water partition coefficient (Wildman–Crippen LogP) is -5.32. The van der Waals surface area contributed by atoms with Gasteiger partial charge in [0.1, 0.15) is 36.5 Å². The summed E-state index contributed by atoms with van der Waals surface area (Å²) < 4.78 is 1.79. The summed E-state index contributed by atoms with van der Waals surface area (Å²) in [7, 11) is 0. The second-order valence-corrected chi connectivity index (χ2v) is 16.7. The van der Waals surface area contributed by atoms with Crippen molar-refractivity contribution in [3.63, 3.8) is 0 Å². The van der Waals surface area contributed by atoms with Gasteiger partial charge in [0.15, 0.2) is 0 Å². The standard InChI is InChI=1S/C38H47I2N11O13/c39-21-5-1-19(2-6-21)11-23(33(59)44-9-10-52)48-35(61)25(14-29(43)54)49-36(62)26(15-32(57)58)50-34(60)24(13-28(42)53)46-31(56)17-45-38(64)18-51(38)37(63)27(47-30(55)16-41)12-20-3-7-22(40)8-4-20/h1-8,10,23-27,45,64H,9,11-18,41H2,(H2,42,53)(H2,43,54)(H,44,59)(H,46,56)(H,47,55)(H,48,61)(H,49,62)(H,50,60)(H,57,58)/t23-,24-,25-,26-,27-,38-,51?/m0/s1. The summed E-state index contributed by atoms with van der Waals surface area (Å²) in [6.45, 7) is -1.93. The van der Waals surface area contributed by atoms with Crippen molar-refractivity contribution in [3.8, 4) is 0 Å². The van der Waals surface area contributed by atoms with E-state index in [1.54, 1.807) is 48.5 Å². The van der Waals surface area contributed by atoms with Crippen LogP contribution < -0.4 is 54.4 Å². The molecule has 1 heterocycles. The minimum Gasteiger partial charge on any atom is -0.481 e. The number of β-amino-alcohol motifs (C(OH)–C–C–N with tert-alkyl or cyclic N) is 1. The molecule has 0 aliphatic carbocycles. The van der Waals surface area contributed by atoms with Gasteiger partial charge in [0.05, 0.1) is 45.4 Å². The van der Waals surface area contributed by atoms with Crippen LogP contribution >= 0.6 is 45.2 Å². The lowest BCUT2D eigenvalue weighted by Crippen LogP contribution is -2.60. The van der Waals surface area contributed by atoms with E-state index in [1.165, 1.54) is 0 Å². The highest BCUT2D eigenvalue weighted by Gasteiger charge is 2.55. The fourth-order valence-electron chi connectivity index (χ4n) is 5.91. The molecule has 9 amide bonds. The zero-order chi connectivity index (χ0) is 47.7.